The normalized spacial score (nSPS) is 11.3. The van der Waals surface area contributed by atoms with E-state index in [9.17, 15) is 13.2 Å². The van der Waals surface area contributed by atoms with Crippen molar-refractivity contribution >= 4 is 21.7 Å². The maximum absolute atomic E-state index is 12.8. The molecule has 0 heterocycles. The molecule has 1 N–H and O–H groups in total. The molecule has 2 aromatic carbocycles. The average molecular weight is 377 g/mol. The van der Waals surface area contributed by atoms with Gasteiger partial charge in [0.05, 0.1) is 24.7 Å². The van der Waals surface area contributed by atoms with E-state index in [1.54, 1.807) is 26.2 Å². The van der Waals surface area contributed by atoms with Gasteiger partial charge in [-0.05, 0) is 60.4 Å². The van der Waals surface area contributed by atoms with Crippen LogP contribution in [0.25, 0.3) is 0 Å². The molecule has 26 heavy (non-hydrogen) atoms. The molecule has 7 heteroatoms. The Bertz CT molecular complexity index is 902. The first-order valence-electron chi connectivity index (χ1n) is 8.09. The van der Waals surface area contributed by atoms with E-state index in [0.29, 0.717) is 22.6 Å². The minimum Gasteiger partial charge on any atom is -0.496 e. The second-order valence-corrected chi connectivity index (χ2v) is 7.84. The van der Waals surface area contributed by atoms with Crippen molar-refractivity contribution in [2.75, 3.05) is 18.9 Å². The molecule has 0 aliphatic heterocycles. The Hall–Kier alpha value is -2.54. The van der Waals surface area contributed by atoms with Gasteiger partial charge in [-0.1, -0.05) is 13.8 Å². The summed E-state index contributed by atoms with van der Waals surface area (Å²) in [5.41, 5.74) is 2.11. The van der Waals surface area contributed by atoms with Crippen molar-refractivity contribution in [3.05, 3.63) is 53.1 Å². The van der Waals surface area contributed by atoms with E-state index in [1.807, 2.05) is 13.8 Å². The van der Waals surface area contributed by atoms with Crippen LogP contribution in [0.1, 0.15) is 41.3 Å². The van der Waals surface area contributed by atoms with E-state index in [0.717, 1.165) is 5.56 Å². The van der Waals surface area contributed by atoms with Crippen molar-refractivity contribution in [1.29, 1.82) is 0 Å². The summed E-state index contributed by atoms with van der Waals surface area (Å²) in [6.07, 6.45) is 0. The number of ether oxygens (including phenoxy) is 2. The maximum atomic E-state index is 12.8. The molecular formula is C19H23NO5S. The highest BCUT2D eigenvalue weighted by Gasteiger charge is 2.21. The molecule has 6 nitrogen and oxygen atoms in total. The number of benzene rings is 2. The Morgan fingerprint density at radius 3 is 2.19 bits per heavy atom. The first-order valence-corrected chi connectivity index (χ1v) is 9.57. The number of sulfonamides is 1. The van der Waals surface area contributed by atoms with Gasteiger partial charge in [0, 0.05) is 5.69 Å². The van der Waals surface area contributed by atoms with E-state index in [1.165, 1.54) is 31.4 Å². The Labute approximate surface area is 154 Å². The minimum absolute atomic E-state index is 0.110. The standard InChI is InChI=1S/C19H23NO5S/c1-12(2)16-11-18(13(3)10-17(16)24-4)26(22,23)20-15-8-6-14(7-9-15)19(21)25-5/h6-12,20H,1-5H3. The number of aryl methyl sites for hydroxylation is 1. The van der Waals surface area contributed by atoms with E-state index in [-0.39, 0.29) is 10.8 Å². The van der Waals surface area contributed by atoms with Crippen LogP contribution in [0.4, 0.5) is 5.69 Å². The van der Waals surface area contributed by atoms with Crippen molar-refractivity contribution in [3.8, 4) is 5.75 Å². The summed E-state index contributed by atoms with van der Waals surface area (Å²) in [5, 5.41) is 0. The van der Waals surface area contributed by atoms with Gasteiger partial charge in [0.2, 0.25) is 0 Å². The molecule has 0 amide bonds. The van der Waals surface area contributed by atoms with Crippen molar-refractivity contribution in [3.63, 3.8) is 0 Å². The summed E-state index contributed by atoms with van der Waals surface area (Å²) in [6, 6.07) is 9.42. The smallest absolute Gasteiger partial charge is 0.337 e. The topological polar surface area (TPSA) is 81.7 Å². The van der Waals surface area contributed by atoms with E-state index in [2.05, 4.69) is 9.46 Å². The van der Waals surface area contributed by atoms with Gasteiger partial charge in [-0.2, -0.15) is 0 Å². The number of methoxy groups -OCH3 is 2. The lowest BCUT2D eigenvalue weighted by Gasteiger charge is -2.17. The number of nitrogens with one attached hydrogen (secondary N) is 1. The molecule has 0 spiro atoms. The van der Waals surface area contributed by atoms with Crippen LogP contribution in [0, 0.1) is 6.92 Å². The number of anilines is 1. The molecule has 0 aliphatic carbocycles. The van der Waals surface area contributed by atoms with Gasteiger partial charge < -0.3 is 9.47 Å². The van der Waals surface area contributed by atoms with Gasteiger partial charge in [-0.15, -0.1) is 0 Å². The summed E-state index contributed by atoms with van der Waals surface area (Å²) in [6.45, 7) is 5.67. The Morgan fingerprint density at radius 1 is 1.08 bits per heavy atom. The molecule has 140 valence electrons. The molecular weight excluding hydrogens is 354 g/mol. The minimum atomic E-state index is -3.79. The molecule has 0 aromatic heterocycles. The molecule has 0 radical (unpaired) electrons. The summed E-state index contributed by atoms with van der Waals surface area (Å²) in [5.74, 6) is 0.296. The Morgan fingerprint density at radius 2 is 1.69 bits per heavy atom. The van der Waals surface area contributed by atoms with Crippen LogP contribution in [-0.4, -0.2) is 28.6 Å². The Kier molecular flexibility index (Phi) is 5.92. The third kappa shape index (κ3) is 4.16. The van der Waals surface area contributed by atoms with Crippen LogP contribution in [-0.2, 0) is 14.8 Å². The fourth-order valence-corrected chi connectivity index (χ4v) is 3.92. The van der Waals surface area contributed by atoms with Gasteiger partial charge >= 0.3 is 5.97 Å². The lowest BCUT2D eigenvalue weighted by atomic mass is 10.0. The predicted octanol–water partition coefficient (Wildman–Crippen LogP) is 3.71. The molecule has 2 rings (SSSR count). The van der Waals surface area contributed by atoms with Crippen LogP contribution in [0.15, 0.2) is 41.3 Å². The fraction of sp³-hybridized carbons (Fsp3) is 0.316. The zero-order chi connectivity index (χ0) is 19.5. The van der Waals surface area contributed by atoms with Crippen LogP contribution < -0.4 is 9.46 Å². The third-order valence-corrected chi connectivity index (χ3v) is 5.52. The zero-order valence-corrected chi connectivity index (χ0v) is 16.3. The molecule has 0 aliphatic rings. The highest BCUT2D eigenvalue weighted by atomic mass is 32.2. The quantitative estimate of drug-likeness (QED) is 0.776. The number of rotatable bonds is 6. The lowest BCUT2D eigenvalue weighted by molar-refractivity contribution is 0.0601. The van der Waals surface area contributed by atoms with Crippen molar-refractivity contribution in [1.82, 2.24) is 0 Å². The second-order valence-electron chi connectivity index (χ2n) is 6.19. The predicted molar refractivity (Wildman–Crippen MR) is 100 cm³/mol. The van der Waals surface area contributed by atoms with Crippen molar-refractivity contribution < 1.29 is 22.7 Å². The van der Waals surface area contributed by atoms with E-state index >= 15 is 0 Å². The number of hydrogen-bond acceptors (Lipinski definition) is 5. The number of carbonyl (C=O) groups excluding carboxylic acids is 1. The monoisotopic (exact) mass is 377 g/mol. The number of esters is 1. The van der Waals surface area contributed by atoms with Crippen LogP contribution in [0.2, 0.25) is 0 Å². The van der Waals surface area contributed by atoms with E-state index in [4.69, 9.17) is 4.74 Å². The average Bonchev–Trinajstić information content (AvgIpc) is 2.60. The largest absolute Gasteiger partial charge is 0.496 e. The molecule has 2 aromatic rings. The van der Waals surface area contributed by atoms with Crippen molar-refractivity contribution in [2.45, 2.75) is 31.6 Å². The first-order chi connectivity index (χ1) is 12.2. The summed E-state index contributed by atoms with van der Waals surface area (Å²) < 4.78 is 38.2. The number of hydrogen-bond donors (Lipinski definition) is 1. The molecule has 0 bridgehead atoms. The first kappa shape index (κ1) is 19.8. The highest BCUT2D eigenvalue weighted by molar-refractivity contribution is 7.92. The summed E-state index contributed by atoms with van der Waals surface area (Å²) in [4.78, 5) is 11.7. The van der Waals surface area contributed by atoms with E-state index < -0.39 is 16.0 Å². The van der Waals surface area contributed by atoms with Gasteiger partial charge in [-0.3, -0.25) is 4.72 Å². The summed E-state index contributed by atoms with van der Waals surface area (Å²) >= 11 is 0. The number of carbonyl (C=O) groups is 1. The molecule has 0 saturated heterocycles. The summed E-state index contributed by atoms with van der Waals surface area (Å²) in [7, 11) is -0.931. The second kappa shape index (κ2) is 7.78. The van der Waals surface area contributed by atoms with Gasteiger partial charge in [-0.25, -0.2) is 13.2 Å². The molecule has 0 fully saturated rings. The highest BCUT2D eigenvalue weighted by Crippen LogP contribution is 2.32. The van der Waals surface area contributed by atoms with Crippen LogP contribution >= 0.6 is 0 Å². The van der Waals surface area contributed by atoms with Crippen LogP contribution in [0.5, 0.6) is 5.75 Å². The lowest BCUT2D eigenvalue weighted by Crippen LogP contribution is -2.15. The zero-order valence-electron chi connectivity index (χ0n) is 15.5. The Balaban J connectivity index is 2.38. The van der Waals surface area contributed by atoms with Gasteiger partial charge in [0.25, 0.3) is 10.0 Å². The van der Waals surface area contributed by atoms with Gasteiger partial charge in [0.15, 0.2) is 0 Å². The maximum Gasteiger partial charge on any atom is 0.337 e. The molecule has 0 unspecified atom stereocenters. The molecule has 0 atom stereocenters. The molecule has 0 saturated carbocycles. The van der Waals surface area contributed by atoms with Gasteiger partial charge in [0.1, 0.15) is 5.75 Å². The van der Waals surface area contributed by atoms with Crippen molar-refractivity contribution in [2.24, 2.45) is 0 Å². The van der Waals surface area contributed by atoms with Crippen LogP contribution in [0.3, 0.4) is 0 Å². The SMILES string of the molecule is COC(=O)c1ccc(NS(=O)(=O)c2cc(C(C)C)c(OC)cc2C)cc1. The fourth-order valence-electron chi connectivity index (χ4n) is 2.60. The third-order valence-electron chi connectivity index (χ3n) is 4.00.